The van der Waals surface area contributed by atoms with Crippen molar-refractivity contribution in [2.24, 2.45) is 0 Å². The molecule has 0 unspecified atom stereocenters. The van der Waals surface area contributed by atoms with Gasteiger partial charge in [0.1, 0.15) is 0 Å². The van der Waals surface area contributed by atoms with E-state index >= 15 is 0 Å². The van der Waals surface area contributed by atoms with Gasteiger partial charge in [0.15, 0.2) is 6.26 Å². The fourth-order valence-corrected chi connectivity index (χ4v) is 3.28. The van der Waals surface area contributed by atoms with Gasteiger partial charge in [-0.25, -0.2) is 0 Å². The second kappa shape index (κ2) is 4.21. The summed E-state index contributed by atoms with van der Waals surface area (Å²) in [4.78, 5) is 2.48. The lowest BCUT2D eigenvalue weighted by Crippen LogP contribution is -2.01. The lowest BCUT2D eigenvalue weighted by molar-refractivity contribution is 0.559. The zero-order chi connectivity index (χ0) is 12.7. The van der Waals surface area contributed by atoms with Gasteiger partial charge in [0.25, 0.3) is 0 Å². The van der Waals surface area contributed by atoms with Gasteiger partial charge in [-0.15, -0.1) is 0 Å². The molecule has 2 aromatic carbocycles. The van der Waals surface area contributed by atoms with Gasteiger partial charge >= 0.3 is 0 Å². The predicted molar refractivity (Wildman–Crippen MR) is 76.8 cm³/mol. The third kappa shape index (κ3) is 1.74. The molecule has 0 bridgehead atoms. The second-order valence-electron chi connectivity index (χ2n) is 4.34. The smallest absolute Gasteiger partial charge is 0.177 e. The Balaban J connectivity index is 1.88. The highest BCUT2D eigenvalue weighted by molar-refractivity contribution is 7.99. The molecule has 1 aliphatic heterocycles. The van der Waals surface area contributed by atoms with E-state index in [9.17, 15) is 0 Å². The normalized spacial score (nSPS) is 12.4. The zero-order valence-corrected chi connectivity index (χ0v) is 10.8. The molecule has 1 N–H and O–H groups in total. The molecule has 0 saturated heterocycles. The molecule has 1 radical (unpaired) electrons. The van der Waals surface area contributed by atoms with E-state index in [-0.39, 0.29) is 0 Å². The summed E-state index contributed by atoms with van der Waals surface area (Å²) in [6.45, 7) is 0. The van der Waals surface area contributed by atoms with Crippen LogP contribution in [0, 0.1) is 6.26 Å². The Morgan fingerprint density at radius 3 is 2.74 bits per heavy atom. The molecule has 0 aliphatic carbocycles. The van der Waals surface area contributed by atoms with Crippen LogP contribution in [0.2, 0.25) is 0 Å². The molecular weight excluding hydrogens is 254 g/mol. The Labute approximate surface area is 115 Å². The van der Waals surface area contributed by atoms with Crippen molar-refractivity contribution in [1.29, 1.82) is 0 Å². The van der Waals surface area contributed by atoms with Crippen molar-refractivity contribution < 1.29 is 4.42 Å². The van der Waals surface area contributed by atoms with Crippen LogP contribution < -0.4 is 5.32 Å². The molecule has 1 aromatic heterocycles. The standard InChI is InChI=1S/C16H10NOS/c1-2-6-14-13(5-1)17-16-12(11-8-9-18-10-11)4-3-7-15(16)19-14/h1-9,17H. The van der Waals surface area contributed by atoms with Crippen LogP contribution in [0.15, 0.2) is 69.0 Å². The Bertz CT molecular complexity index is 734. The average Bonchev–Trinajstić information content (AvgIpc) is 2.98. The van der Waals surface area contributed by atoms with Crippen molar-refractivity contribution in [3.05, 3.63) is 61.1 Å². The summed E-state index contributed by atoms with van der Waals surface area (Å²) in [7, 11) is 0. The first-order valence-corrected chi connectivity index (χ1v) is 6.86. The van der Waals surface area contributed by atoms with E-state index in [1.54, 1.807) is 18.0 Å². The largest absolute Gasteiger partial charge is 0.460 e. The van der Waals surface area contributed by atoms with Gasteiger partial charge in [-0.05, 0) is 24.3 Å². The molecule has 19 heavy (non-hydrogen) atoms. The summed E-state index contributed by atoms with van der Waals surface area (Å²) in [5.74, 6) is 0. The molecule has 91 valence electrons. The summed E-state index contributed by atoms with van der Waals surface area (Å²) in [5.41, 5.74) is 4.37. The summed E-state index contributed by atoms with van der Waals surface area (Å²) in [6, 6.07) is 16.6. The van der Waals surface area contributed by atoms with Crippen molar-refractivity contribution in [1.82, 2.24) is 0 Å². The SMILES string of the molecule is [c]1occc1-c1cccc2c1Nc1ccccc1S2. The summed E-state index contributed by atoms with van der Waals surface area (Å²) < 4.78 is 5.07. The van der Waals surface area contributed by atoms with Gasteiger partial charge in [-0.1, -0.05) is 36.0 Å². The van der Waals surface area contributed by atoms with Gasteiger partial charge < -0.3 is 9.73 Å². The number of anilines is 2. The number of hydrogen-bond acceptors (Lipinski definition) is 3. The molecule has 0 amide bonds. The van der Waals surface area contributed by atoms with Crippen LogP contribution in [0.5, 0.6) is 0 Å². The number of nitrogens with one attached hydrogen (secondary N) is 1. The molecule has 3 aromatic rings. The first kappa shape index (κ1) is 10.8. The van der Waals surface area contributed by atoms with Gasteiger partial charge in [0.2, 0.25) is 0 Å². The van der Waals surface area contributed by atoms with Crippen molar-refractivity contribution in [3.8, 4) is 11.1 Å². The minimum atomic E-state index is 0.976. The third-order valence-electron chi connectivity index (χ3n) is 3.15. The molecule has 4 rings (SSSR count). The van der Waals surface area contributed by atoms with Gasteiger partial charge in [-0.3, -0.25) is 0 Å². The number of furan rings is 1. The van der Waals surface area contributed by atoms with E-state index in [0.717, 1.165) is 22.5 Å². The van der Waals surface area contributed by atoms with Crippen LogP contribution in [0.25, 0.3) is 11.1 Å². The maximum absolute atomic E-state index is 5.07. The third-order valence-corrected chi connectivity index (χ3v) is 4.29. The Kier molecular flexibility index (Phi) is 2.38. The fourth-order valence-electron chi connectivity index (χ4n) is 2.26. The quantitative estimate of drug-likeness (QED) is 0.526. The van der Waals surface area contributed by atoms with Gasteiger partial charge in [-0.2, -0.15) is 0 Å². The van der Waals surface area contributed by atoms with E-state index in [4.69, 9.17) is 4.42 Å². The van der Waals surface area contributed by atoms with Crippen molar-refractivity contribution >= 4 is 23.1 Å². The molecule has 2 heterocycles. The summed E-state index contributed by atoms with van der Waals surface area (Å²) >= 11 is 1.79. The van der Waals surface area contributed by atoms with E-state index < -0.39 is 0 Å². The molecule has 0 fully saturated rings. The topological polar surface area (TPSA) is 25.2 Å². The van der Waals surface area contributed by atoms with Crippen LogP contribution in [0.4, 0.5) is 11.4 Å². The minimum absolute atomic E-state index is 0.976. The molecule has 1 aliphatic rings. The molecule has 3 heteroatoms. The van der Waals surface area contributed by atoms with Crippen LogP contribution in [0.1, 0.15) is 0 Å². The minimum Gasteiger partial charge on any atom is -0.460 e. The number of fused-ring (bicyclic) bond motifs is 2. The molecule has 0 atom stereocenters. The highest BCUT2D eigenvalue weighted by Crippen LogP contribution is 2.47. The Morgan fingerprint density at radius 2 is 1.84 bits per heavy atom. The Morgan fingerprint density at radius 1 is 0.947 bits per heavy atom. The monoisotopic (exact) mass is 264 g/mol. The lowest BCUT2D eigenvalue weighted by Gasteiger charge is -2.22. The predicted octanol–water partition coefficient (Wildman–Crippen LogP) is 4.95. The number of hydrogen-bond donors (Lipinski definition) is 1. The maximum atomic E-state index is 5.07. The van der Waals surface area contributed by atoms with E-state index in [2.05, 4.69) is 48.0 Å². The number of rotatable bonds is 1. The van der Waals surface area contributed by atoms with Crippen molar-refractivity contribution in [2.75, 3.05) is 5.32 Å². The van der Waals surface area contributed by atoms with Crippen LogP contribution in [-0.2, 0) is 0 Å². The average molecular weight is 264 g/mol. The zero-order valence-electron chi connectivity index (χ0n) is 10.0. The summed E-state index contributed by atoms with van der Waals surface area (Å²) in [5, 5.41) is 3.51. The fraction of sp³-hybridized carbons (Fsp3) is 0. The van der Waals surface area contributed by atoms with Crippen LogP contribution in [0.3, 0.4) is 0 Å². The van der Waals surface area contributed by atoms with Crippen LogP contribution in [-0.4, -0.2) is 0 Å². The molecule has 0 spiro atoms. The molecule has 2 nitrogen and oxygen atoms in total. The first-order chi connectivity index (χ1) is 9.42. The second-order valence-corrected chi connectivity index (χ2v) is 5.42. The van der Waals surface area contributed by atoms with Gasteiger partial charge in [0, 0.05) is 20.9 Å². The van der Waals surface area contributed by atoms with E-state index in [0.29, 0.717) is 0 Å². The van der Waals surface area contributed by atoms with Crippen LogP contribution >= 0.6 is 11.8 Å². The van der Waals surface area contributed by atoms with E-state index in [1.165, 1.54) is 9.79 Å². The molecule has 0 saturated carbocycles. The first-order valence-electron chi connectivity index (χ1n) is 6.04. The van der Waals surface area contributed by atoms with Crippen molar-refractivity contribution in [2.45, 2.75) is 9.79 Å². The van der Waals surface area contributed by atoms with Gasteiger partial charge in [0.05, 0.1) is 17.6 Å². The molecular formula is C16H10NOS. The number of benzene rings is 2. The lowest BCUT2D eigenvalue weighted by atomic mass is 10.1. The maximum Gasteiger partial charge on any atom is 0.177 e. The van der Waals surface area contributed by atoms with E-state index in [1.807, 2.05) is 12.1 Å². The summed E-state index contributed by atoms with van der Waals surface area (Å²) in [6.07, 6.45) is 4.55. The van der Waals surface area contributed by atoms with Crippen molar-refractivity contribution in [3.63, 3.8) is 0 Å². The highest BCUT2D eigenvalue weighted by atomic mass is 32.2. The Hall–Kier alpha value is -2.13. The number of para-hydroxylation sites is 2. The highest BCUT2D eigenvalue weighted by Gasteiger charge is 2.18.